The Bertz CT molecular complexity index is 295. The van der Waals surface area contributed by atoms with Gasteiger partial charge in [0.05, 0.1) is 6.04 Å². The highest BCUT2D eigenvalue weighted by Gasteiger charge is 2.28. The maximum atomic E-state index is 12.0. The van der Waals surface area contributed by atoms with Crippen LogP contribution in [0.1, 0.15) is 46.0 Å². The van der Waals surface area contributed by atoms with Crippen LogP contribution in [0.2, 0.25) is 0 Å². The summed E-state index contributed by atoms with van der Waals surface area (Å²) in [6, 6.07) is 0.456. The van der Waals surface area contributed by atoms with E-state index in [9.17, 15) is 4.79 Å². The summed E-state index contributed by atoms with van der Waals surface area (Å²) in [6.45, 7) is 8.90. The van der Waals surface area contributed by atoms with Crippen molar-refractivity contribution >= 4 is 5.91 Å². The van der Waals surface area contributed by atoms with Gasteiger partial charge < -0.3 is 15.5 Å². The third kappa shape index (κ3) is 4.18. The molecule has 2 aliphatic heterocycles. The van der Waals surface area contributed by atoms with Crippen LogP contribution in [-0.4, -0.2) is 49.1 Å². The number of likely N-dealkylation sites (tertiary alicyclic amines) is 1. The molecule has 0 aromatic carbocycles. The number of hydrogen-bond acceptors (Lipinski definition) is 3. The molecule has 0 aromatic rings. The van der Waals surface area contributed by atoms with Crippen LogP contribution in [0.25, 0.3) is 0 Å². The number of piperidine rings is 1. The van der Waals surface area contributed by atoms with Crippen LogP contribution >= 0.6 is 0 Å². The third-order valence-corrected chi connectivity index (χ3v) is 4.70. The summed E-state index contributed by atoms with van der Waals surface area (Å²) >= 11 is 0. The monoisotopic (exact) mass is 267 g/mol. The van der Waals surface area contributed by atoms with E-state index < -0.39 is 0 Å². The maximum Gasteiger partial charge on any atom is 0.237 e. The summed E-state index contributed by atoms with van der Waals surface area (Å²) in [7, 11) is 0. The molecule has 110 valence electrons. The minimum Gasteiger partial charge on any atom is -0.355 e. The Morgan fingerprint density at radius 1 is 1.37 bits per heavy atom. The van der Waals surface area contributed by atoms with Crippen molar-refractivity contribution in [1.29, 1.82) is 0 Å². The fourth-order valence-electron chi connectivity index (χ4n) is 3.34. The van der Waals surface area contributed by atoms with E-state index in [2.05, 4.69) is 29.4 Å². The van der Waals surface area contributed by atoms with Crippen molar-refractivity contribution in [3.63, 3.8) is 0 Å². The molecule has 19 heavy (non-hydrogen) atoms. The van der Waals surface area contributed by atoms with E-state index in [0.717, 1.165) is 32.4 Å². The lowest BCUT2D eigenvalue weighted by atomic mass is 9.91. The fraction of sp³-hybridized carbons (Fsp3) is 0.933. The molecule has 1 amide bonds. The lowest BCUT2D eigenvalue weighted by Crippen LogP contribution is -2.51. The second kappa shape index (κ2) is 7.25. The first-order chi connectivity index (χ1) is 9.20. The van der Waals surface area contributed by atoms with Gasteiger partial charge in [-0.05, 0) is 58.0 Å². The zero-order chi connectivity index (χ0) is 13.7. The van der Waals surface area contributed by atoms with E-state index in [4.69, 9.17) is 0 Å². The summed E-state index contributed by atoms with van der Waals surface area (Å²) in [5.74, 6) is 0.886. The Labute approximate surface area is 117 Å². The van der Waals surface area contributed by atoms with Crippen LogP contribution < -0.4 is 10.6 Å². The molecule has 0 bridgehead atoms. The Morgan fingerprint density at radius 2 is 2.21 bits per heavy atom. The highest BCUT2D eigenvalue weighted by atomic mass is 16.2. The molecule has 0 aromatic heterocycles. The maximum absolute atomic E-state index is 12.0. The molecule has 3 unspecified atom stereocenters. The Kier molecular flexibility index (Phi) is 5.64. The average Bonchev–Trinajstić information content (AvgIpc) is 2.64. The number of amides is 1. The standard InChI is InChI=1S/C15H29N3O/c1-3-18-10-6-7-13(11-18)12(2)17-14-8-4-5-9-16-15(14)19/h12-14,17H,3-11H2,1-2H3,(H,16,19). The van der Waals surface area contributed by atoms with Crippen LogP contribution in [-0.2, 0) is 4.79 Å². The van der Waals surface area contributed by atoms with E-state index in [-0.39, 0.29) is 11.9 Å². The molecule has 0 spiro atoms. The van der Waals surface area contributed by atoms with E-state index in [0.29, 0.717) is 12.0 Å². The topological polar surface area (TPSA) is 44.4 Å². The van der Waals surface area contributed by atoms with Gasteiger partial charge in [0.1, 0.15) is 0 Å². The van der Waals surface area contributed by atoms with Crippen LogP contribution in [0.15, 0.2) is 0 Å². The van der Waals surface area contributed by atoms with Gasteiger partial charge >= 0.3 is 0 Å². The van der Waals surface area contributed by atoms with Gasteiger partial charge in [-0.2, -0.15) is 0 Å². The summed E-state index contributed by atoms with van der Waals surface area (Å²) in [4.78, 5) is 14.5. The van der Waals surface area contributed by atoms with Crippen molar-refractivity contribution in [2.24, 2.45) is 5.92 Å². The van der Waals surface area contributed by atoms with Crippen LogP contribution in [0.3, 0.4) is 0 Å². The van der Waals surface area contributed by atoms with E-state index in [1.165, 1.54) is 25.9 Å². The molecule has 2 fully saturated rings. The van der Waals surface area contributed by atoms with Crippen LogP contribution in [0.5, 0.6) is 0 Å². The first kappa shape index (κ1) is 14.8. The molecule has 0 aliphatic carbocycles. The van der Waals surface area contributed by atoms with Crippen molar-refractivity contribution < 1.29 is 4.79 Å². The van der Waals surface area contributed by atoms with E-state index in [1.54, 1.807) is 0 Å². The highest BCUT2D eigenvalue weighted by Crippen LogP contribution is 2.20. The molecular formula is C15H29N3O. The molecule has 2 saturated heterocycles. The van der Waals surface area contributed by atoms with Gasteiger partial charge in [-0.1, -0.05) is 6.92 Å². The third-order valence-electron chi connectivity index (χ3n) is 4.70. The molecule has 0 radical (unpaired) electrons. The van der Waals surface area contributed by atoms with Gasteiger partial charge in [-0.25, -0.2) is 0 Å². The first-order valence-corrected chi connectivity index (χ1v) is 7.96. The lowest BCUT2D eigenvalue weighted by Gasteiger charge is -2.36. The molecule has 3 atom stereocenters. The van der Waals surface area contributed by atoms with Crippen LogP contribution in [0.4, 0.5) is 0 Å². The lowest BCUT2D eigenvalue weighted by molar-refractivity contribution is -0.123. The smallest absolute Gasteiger partial charge is 0.237 e. The largest absolute Gasteiger partial charge is 0.355 e. The second-order valence-electron chi connectivity index (χ2n) is 6.09. The SMILES string of the molecule is CCN1CCCC(C(C)NC2CCCCNC2=O)C1. The number of nitrogens with one attached hydrogen (secondary N) is 2. The van der Waals surface area contributed by atoms with Crippen molar-refractivity contribution in [1.82, 2.24) is 15.5 Å². The minimum absolute atomic E-state index is 0.0227. The van der Waals surface area contributed by atoms with Gasteiger partial charge in [0, 0.05) is 19.1 Å². The Balaban J connectivity index is 1.85. The quantitative estimate of drug-likeness (QED) is 0.808. The van der Waals surface area contributed by atoms with Crippen molar-refractivity contribution in [2.75, 3.05) is 26.2 Å². The number of hydrogen-bond donors (Lipinski definition) is 2. The average molecular weight is 267 g/mol. The number of nitrogens with zero attached hydrogens (tertiary/aromatic N) is 1. The minimum atomic E-state index is 0.0227. The molecule has 4 nitrogen and oxygen atoms in total. The number of carbonyl (C=O) groups excluding carboxylic acids is 1. The highest BCUT2D eigenvalue weighted by molar-refractivity contribution is 5.81. The molecule has 2 heterocycles. The van der Waals surface area contributed by atoms with Crippen molar-refractivity contribution in [3.8, 4) is 0 Å². The molecule has 4 heteroatoms. The zero-order valence-electron chi connectivity index (χ0n) is 12.5. The fourth-order valence-corrected chi connectivity index (χ4v) is 3.34. The molecule has 2 rings (SSSR count). The summed E-state index contributed by atoms with van der Waals surface area (Å²) in [5.41, 5.74) is 0. The van der Waals surface area contributed by atoms with Gasteiger partial charge in [0.15, 0.2) is 0 Å². The predicted molar refractivity (Wildman–Crippen MR) is 78.1 cm³/mol. The van der Waals surface area contributed by atoms with Gasteiger partial charge in [0.25, 0.3) is 0 Å². The molecule has 0 saturated carbocycles. The normalized spacial score (nSPS) is 31.6. The summed E-state index contributed by atoms with van der Waals surface area (Å²) < 4.78 is 0. The van der Waals surface area contributed by atoms with Crippen molar-refractivity contribution in [2.45, 2.75) is 58.0 Å². The van der Waals surface area contributed by atoms with E-state index in [1.807, 2.05) is 0 Å². The van der Waals surface area contributed by atoms with E-state index >= 15 is 0 Å². The molecule has 2 aliphatic rings. The second-order valence-corrected chi connectivity index (χ2v) is 6.09. The molecular weight excluding hydrogens is 238 g/mol. The number of rotatable bonds is 4. The van der Waals surface area contributed by atoms with Crippen LogP contribution in [0, 0.1) is 5.92 Å². The van der Waals surface area contributed by atoms with Gasteiger partial charge in [-0.3, -0.25) is 4.79 Å². The first-order valence-electron chi connectivity index (χ1n) is 7.96. The van der Waals surface area contributed by atoms with Gasteiger partial charge in [-0.15, -0.1) is 0 Å². The number of carbonyl (C=O) groups is 1. The van der Waals surface area contributed by atoms with Crippen molar-refractivity contribution in [3.05, 3.63) is 0 Å². The molecule has 2 N–H and O–H groups in total. The zero-order valence-corrected chi connectivity index (χ0v) is 12.5. The van der Waals surface area contributed by atoms with Gasteiger partial charge in [0.2, 0.25) is 5.91 Å². The summed E-state index contributed by atoms with van der Waals surface area (Å²) in [5, 5.41) is 6.60. The predicted octanol–water partition coefficient (Wildman–Crippen LogP) is 1.37. The summed E-state index contributed by atoms with van der Waals surface area (Å²) in [6.07, 6.45) is 5.83. The Morgan fingerprint density at radius 3 is 3.00 bits per heavy atom. The Hall–Kier alpha value is -0.610.